The lowest BCUT2D eigenvalue weighted by Crippen LogP contribution is -2.11. The van der Waals surface area contributed by atoms with Crippen molar-refractivity contribution in [1.82, 2.24) is 9.97 Å². The number of anilines is 1. The van der Waals surface area contributed by atoms with Gasteiger partial charge in [-0.25, -0.2) is 9.97 Å². The Morgan fingerprint density at radius 2 is 1.57 bits per heavy atom. The minimum atomic E-state index is 0.183. The molecule has 0 bridgehead atoms. The topological polar surface area (TPSA) is 47.5 Å². The van der Waals surface area contributed by atoms with Gasteiger partial charge in [-0.15, -0.1) is 0 Å². The van der Waals surface area contributed by atoms with E-state index in [9.17, 15) is 0 Å². The lowest BCUT2D eigenvalue weighted by molar-refractivity contribution is -0.0705. The second-order valence-electron chi connectivity index (χ2n) is 4.65. The molecule has 0 aliphatic rings. The Kier molecular flexibility index (Phi) is 5.92. The lowest BCUT2D eigenvalue weighted by Gasteiger charge is -2.12. The molecule has 0 aliphatic heterocycles. The van der Waals surface area contributed by atoms with Gasteiger partial charge in [-0.3, -0.25) is 0 Å². The fraction of sp³-hybridized carbons (Fsp3) is 0.333. The van der Waals surface area contributed by atoms with E-state index < -0.39 is 0 Å². The predicted octanol–water partition coefficient (Wildman–Crippen LogP) is 2.89. The van der Waals surface area contributed by atoms with Crippen LogP contribution >= 0.6 is 11.6 Å². The molecule has 0 spiro atoms. The molecule has 0 saturated heterocycles. The van der Waals surface area contributed by atoms with Gasteiger partial charge in [-0.2, -0.15) is 0 Å². The van der Waals surface area contributed by atoms with Crippen LogP contribution in [0.15, 0.2) is 36.4 Å². The predicted molar refractivity (Wildman–Crippen MR) is 82.3 cm³/mol. The van der Waals surface area contributed by atoms with Crippen LogP contribution < -0.4 is 4.90 Å². The summed E-state index contributed by atoms with van der Waals surface area (Å²) in [5.74, 6) is 0.903. The van der Waals surface area contributed by atoms with Gasteiger partial charge in [-0.05, 0) is 24.3 Å². The SMILES string of the molecule is CN(C)c1cccc(COCOCc2cccc(Cl)n2)n1. The second-order valence-corrected chi connectivity index (χ2v) is 5.04. The summed E-state index contributed by atoms with van der Waals surface area (Å²) in [6, 6.07) is 11.2. The largest absolute Gasteiger partial charge is 0.363 e. The summed E-state index contributed by atoms with van der Waals surface area (Å²) in [6.45, 7) is 0.957. The second kappa shape index (κ2) is 7.93. The fourth-order valence-electron chi connectivity index (χ4n) is 1.68. The molecule has 0 aromatic carbocycles. The first-order chi connectivity index (χ1) is 10.1. The highest BCUT2D eigenvalue weighted by Crippen LogP contribution is 2.09. The molecule has 5 nitrogen and oxygen atoms in total. The van der Waals surface area contributed by atoms with Crippen molar-refractivity contribution in [2.75, 3.05) is 25.8 Å². The third kappa shape index (κ3) is 5.30. The molecule has 0 aliphatic carbocycles. The number of nitrogens with zero attached hydrogens (tertiary/aromatic N) is 3. The highest BCUT2D eigenvalue weighted by Gasteiger charge is 2.00. The molecule has 0 unspecified atom stereocenters. The Balaban J connectivity index is 1.71. The molecular weight excluding hydrogens is 290 g/mol. The number of hydrogen-bond donors (Lipinski definition) is 0. The number of hydrogen-bond acceptors (Lipinski definition) is 5. The maximum Gasteiger partial charge on any atom is 0.147 e. The molecule has 6 heteroatoms. The maximum atomic E-state index is 5.80. The van der Waals surface area contributed by atoms with Crippen molar-refractivity contribution < 1.29 is 9.47 Å². The summed E-state index contributed by atoms with van der Waals surface area (Å²) in [5, 5.41) is 0.460. The first-order valence-corrected chi connectivity index (χ1v) is 6.93. The van der Waals surface area contributed by atoms with Crippen molar-refractivity contribution >= 4 is 17.4 Å². The summed E-state index contributed by atoms with van der Waals surface area (Å²) in [5.41, 5.74) is 1.64. The van der Waals surface area contributed by atoms with Crippen LogP contribution in [0.3, 0.4) is 0 Å². The molecule has 0 atom stereocenters. The monoisotopic (exact) mass is 307 g/mol. The molecule has 0 radical (unpaired) electrons. The van der Waals surface area contributed by atoms with E-state index in [0.717, 1.165) is 17.2 Å². The summed E-state index contributed by atoms with van der Waals surface area (Å²) in [7, 11) is 3.90. The smallest absolute Gasteiger partial charge is 0.147 e. The molecule has 2 aromatic rings. The van der Waals surface area contributed by atoms with Crippen molar-refractivity contribution in [2.45, 2.75) is 13.2 Å². The molecule has 2 aromatic heterocycles. The third-order valence-electron chi connectivity index (χ3n) is 2.69. The van der Waals surface area contributed by atoms with Gasteiger partial charge in [-0.1, -0.05) is 23.7 Å². The quantitative estimate of drug-likeness (QED) is 0.447. The normalized spacial score (nSPS) is 10.6. The van der Waals surface area contributed by atoms with Gasteiger partial charge in [0.1, 0.15) is 17.8 Å². The number of aromatic nitrogens is 2. The van der Waals surface area contributed by atoms with Crippen molar-refractivity contribution in [2.24, 2.45) is 0 Å². The Morgan fingerprint density at radius 1 is 0.952 bits per heavy atom. The number of rotatable bonds is 7. The highest BCUT2D eigenvalue weighted by molar-refractivity contribution is 6.29. The van der Waals surface area contributed by atoms with E-state index in [2.05, 4.69) is 9.97 Å². The Morgan fingerprint density at radius 3 is 2.19 bits per heavy atom. The molecule has 0 amide bonds. The van der Waals surface area contributed by atoms with Gasteiger partial charge in [0.05, 0.1) is 24.6 Å². The first-order valence-electron chi connectivity index (χ1n) is 6.55. The van der Waals surface area contributed by atoms with Crippen LogP contribution in [0.4, 0.5) is 5.82 Å². The summed E-state index contributed by atoms with van der Waals surface area (Å²) < 4.78 is 10.8. The van der Waals surface area contributed by atoms with Crippen molar-refractivity contribution in [3.63, 3.8) is 0 Å². The third-order valence-corrected chi connectivity index (χ3v) is 2.90. The molecule has 2 rings (SSSR count). The number of pyridine rings is 2. The molecule has 0 fully saturated rings. The number of ether oxygens (including phenoxy) is 2. The molecule has 21 heavy (non-hydrogen) atoms. The van der Waals surface area contributed by atoms with Gasteiger partial charge in [0, 0.05) is 14.1 Å². The van der Waals surface area contributed by atoms with E-state index in [0.29, 0.717) is 18.4 Å². The Bertz CT molecular complexity index is 578. The first kappa shape index (κ1) is 15.7. The highest BCUT2D eigenvalue weighted by atomic mass is 35.5. The van der Waals surface area contributed by atoms with E-state index in [-0.39, 0.29) is 6.79 Å². The molecule has 0 N–H and O–H groups in total. The van der Waals surface area contributed by atoms with E-state index in [4.69, 9.17) is 21.1 Å². The molecule has 0 saturated carbocycles. The maximum absolute atomic E-state index is 5.80. The summed E-state index contributed by atoms with van der Waals surface area (Å²) in [4.78, 5) is 10.5. The summed E-state index contributed by atoms with van der Waals surface area (Å²) in [6.07, 6.45) is 0. The minimum Gasteiger partial charge on any atom is -0.363 e. The van der Waals surface area contributed by atoms with E-state index in [1.165, 1.54) is 0 Å². The Labute approximate surface area is 129 Å². The van der Waals surface area contributed by atoms with Gasteiger partial charge in [0.15, 0.2) is 0 Å². The van der Waals surface area contributed by atoms with Gasteiger partial charge < -0.3 is 14.4 Å². The van der Waals surface area contributed by atoms with Crippen LogP contribution in [-0.4, -0.2) is 30.9 Å². The van der Waals surface area contributed by atoms with Crippen LogP contribution in [0.1, 0.15) is 11.4 Å². The lowest BCUT2D eigenvalue weighted by atomic mass is 10.3. The van der Waals surface area contributed by atoms with Crippen LogP contribution in [0.2, 0.25) is 5.15 Å². The molecular formula is C15H18ClN3O2. The average Bonchev–Trinajstić information content (AvgIpc) is 2.47. The minimum absolute atomic E-state index is 0.183. The zero-order valence-electron chi connectivity index (χ0n) is 12.1. The zero-order chi connectivity index (χ0) is 15.1. The summed E-state index contributed by atoms with van der Waals surface area (Å²) >= 11 is 5.80. The van der Waals surface area contributed by atoms with Crippen molar-refractivity contribution in [3.05, 3.63) is 52.9 Å². The Hall–Kier alpha value is -1.69. The van der Waals surface area contributed by atoms with E-state index in [1.807, 2.05) is 49.3 Å². The van der Waals surface area contributed by atoms with Crippen LogP contribution in [0, 0.1) is 0 Å². The molecule has 2 heterocycles. The zero-order valence-corrected chi connectivity index (χ0v) is 12.9. The van der Waals surface area contributed by atoms with E-state index >= 15 is 0 Å². The van der Waals surface area contributed by atoms with Crippen molar-refractivity contribution in [3.8, 4) is 0 Å². The standard InChI is InChI=1S/C15H18ClN3O2/c1-19(2)15-8-4-6-13(18-15)10-21-11-20-9-12-5-3-7-14(16)17-12/h3-8H,9-11H2,1-2H3. The van der Waals surface area contributed by atoms with Crippen LogP contribution in [0.25, 0.3) is 0 Å². The van der Waals surface area contributed by atoms with E-state index in [1.54, 1.807) is 6.07 Å². The van der Waals surface area contributed by atoms with Crippen LogP contribution in [0.5, 0.6) is 0 Å². The van der Waals surface area contributed by atoms with Gasteiger partial charge in [0.25, 0.3) is 0 Å². The molecule has 112 valence electrons. The fourth-order valence-corrected chi connectivity index (χ4v) is 1.86. The number of halogens is 1. The van der Waals surface area contributed by atoms with Crippen LogP contribution in [-0.2, 0) is 22.7 Å². The van der Waals surface area contributed by atoms with Crippen molar-refractivity contribution in [1.29, 1.82) is 0 Å². The average molecular weight is 308 g/mol. The van der Waals surface area contributed by atoms with Gasteiger partial charge in [0.2, 0.25) is 0 Å². The van der Waals surface area contributed by atoms with Gasteiger partial charge >= 0.3 is 0 Å².